The molecule has 2 rings (SSSR count). The van der Waals surface area contributed by atoms with E-state index in [1.165, 1.54) is 0 Å². The molecule has 1 N–H and O–H groups in total. The topological polar surface area (TPSA) is 45.8 Å². The molecule has 3 nitrogen and oxygen atoms in total. The molecule has 0 saturated carbocycles. The van der Waals surface area contributed by atoms with E-state index in [0.29, 0.717) is 5.56 Å². The normalized spacial score (nSPS) is 10.4. The maximum absolute atomic E-state index is 10.9. The summed E-state index contributed by atoms with van der Waals surface area (Å²) in [4.78, 5) is 17.9. The van der Waals surface area contributed by atoms with Crippen molar-refractivity contribution in [3.05, 3.63) is 30.1 Å². The second kappa shape index (κ2) is 2.71. The Morgan fingerprint density at radius 2 is 2.33 bits per heavy atom. The van der Waals surface area contributed by atoms with Crippen LogP contribution in [0.25, 0.3) is 11.0 Å². The highest BCUT2D eigenvalue weighted by molar-refractivity contribution is 9.18. The van der Waals surface area contributed by atoms with Crippen molar-refractivity contribution in [1.29, 1.82) is 0 Å². The van der Waals surface area contributed by atoms with Gasteiger partial charge in [0.05, 0.1) is 17.4 Å². The van der Waals surface area contributed by atoms with E-state index >= 15 is 0 Å². The van der Waals surface area contributed by atoms with Gasteiger partial charge in [0, 0.05) is 5.56 Å². The van der Waals surface area contributed by atoms with Crippen molar-refractivity contribution in [3.63, 3.8) is 0 Å². The lowest BCUT2D eigenvalue weighted by molar-refractivity contribution is 0.109. The van der Waals surface area contributed by atoms with Crippen molar-refractivity contribution in [1.82, 2.24) is 9.97 Å². The highest BCUT2D eigenvalue weighted by atomic mass is 79.9. The fraction of sp³-hybridized carbons (Fsp3) is 0. The number of carbonyl (C=O) groups is 1. The van der Waals surface area contributed by atoms with Gasteiger partial charge in [-0.3, -0.25) is 4.79 Å². The third kappa shape index (κ3) is 1.14. The molecule has 0 aliphatic heterocycles. The van der Waals surface area contributed by atoms with Gasteiger partial charge in [-0.2, -0.15) is 0 Å². The molecule has 1 aromatic carbocycles. The van der Waals surface area contributed by atoms with Gasteiger partial charge in [0.25, 0.3) is 0 Å². The number of aromatic amines is 1. The molecule has 0 amide bonds. The molecule has 0 radical (unpaired) electrons. The third-order valence-electron chi connectivity index (χ3n) is 1.65. The fourth-order valence-electron chi connectivity index (χ4n) is 1.06. The highest BCUT2D eigenvalue weighted by Gasteiger charge is 2.02. The Hall–Kier alpha value is -1.16. The lowest BCUT2D eigenvalue weighted by atomic mass is 10.2. The minimum atomic E-state index is -0.112. The Labute approximate surface area is 76.9 Å². The summed E-state index contributed by atoms with van der Waals surface area (Å²) in [6, 6.07) is 5.31. The first-order valence-electron chi connectivity index (χ1n) is 3.40. The molecule has 0 unspecified atom stereocenters. The van der Waals surface area contributed by atoms with Crippen LogP contribution in [0.15, 0.2) is 24.5 Å². The average molecular weight is 225 g/mol. The quantitative estimate of drug-likeness (QED) is 0.755. The van der Waals surface area contributed by atoms with E-state index in [-0.39, 0.29) is 4.69 Å². The van der Waals surface area contributed by atoms with Crippen LogP contribution in [-0.4, -0.2) is 14.7 Å². The zero-order valence-corrected chi connectivity index (χ0v) is 7.63. The van der Waals surface area contributed by atoms with Gasteiger partial charge in [-0.25, -0.2) is 4.98 Å². The predicted octanol–water partition coefficient (Wildman–Crippen LogP) is 2.10. The number of nitrogens with zero attached hydrogens (tertiary/aromatic N) is 1. The van der Waals surface area contributed by atoms with Gasteiger partial charge in [-0.05, 0) is 34.1 Å². The van der Waals surface area contributed by atoms with Crippen LogP contribution in [0, 0.1) is 0 Å². The smallest absolute Gasteiger partial charge is 0.228 e. The molecule has 0 aliphatic rings. The predicted molar refractivity (Wildman–Crippen MR) is 49.4 cm³/mol. The first-order chi connectivity index (χ1) is 5.77. The van der Waals surface area contributed by atoms with Crippen molar-refractivity contribution < 1.29 is 4.79 Å². The zero-order chi connectivity index (χ0) is 8.55. The van der Waals surface area contributed by atoms with E-state index in [2.05, 4.69) is 25.9 Å². The van der Waals surface area contributed by atoms with Gasteiger partial charge < -0.3 is 4.98 Å². The first kappa shape index (κ1) is 7.49. The Morgan fingerprint density at radius 1 is 1.50 bits per heavy atom. The summed E-state index contributed by atoms with van der Waals surface area (Å²) in [5, 5.41) is 0. The number of benzene rings is 1. The van der Waals surface area contributed by atoms with E-state index in [9.17, 15) is 4.79 Å². The number of carbonyl (C=O) groups excluding carboxylic acids is 1. The Morgan fingerprint density at radius 3 is 3.08 bits per heavy atom. The van der Waals surface area contributed by atoms with Crippen LogP contribution in [0.1, 0.15) is 10.4 Å². The Bertz CT molecular complexity index is 435. The number of fused-ring (bicyclic) bond motifs is 1. The Kier molecular flexibility index (Phi) is 1.69. The lowest BCUT2D eigenvalue weighted by Gasteiger charge is -1.92. The van der Waals surface area contributed by atoms with Crippen molar-refractivity contribution in [3.8, 4) is 0 Å². The summed E-state index contributed by atoms with van der Waals surface area (Å²) < 4.78 is -0.112. The van der Waals surface area contributed by atoms with Crippen LogP contribution in [0.4, 0.5) is 0 Å². The van der Waals surface area contributed by atoms with Gasteiger partial charge >= 0.3 is 0 Å². The zero-order valence-electron chi connectivity index (χ0n) is 6.04. The largest absolute Gasteiger partial charge is 0.345 e. The molecule has 0 bridgehead atoms. The Balaban J connectivity index is 2.68. The minimum Gasteiger partial charge on any atom is -0.345 e. The molecule has 12 heavy (non-hydrogen) atoms. The highest BCUT2D eigenvalue weighted by Crippen LogP contribution is 2.13. The number of hydrogen-bond donors (Lipinski definition) is 1. The number of halogens is 1. The minimum absolute atomic E-state index is 0.112. The van der Waals surface area contributed by atoms with E-state index in [1.54, 1.807) is 24.5 Å². The van der Waals surface area contributed by atoms with Crippen LogP contribution in [-0.2, 0) is 0 Å². The molecule has 1 aromatic heterocycles. The summed E-state index contributed by atoms with van der Waals surface area (Å²) in [6.07, 6.45) is 1.60. The molecule has 0 spiro atoms. The molecule has 1 heterocycles. The summed E-state index contributed by atoms with van der Waals surface area (Å²) >= 11 is 2.88. The van der Waals surface area contributed by atoms with Crippen molar-refractivity contribution in [2.24, 2.45) is 0 Å². The molecule has 2 aromatic rings. The number of rotatable bonds is 1. The second-order valence-electron chi connectivity index (χ2n) is 2.41. The molecule has 4 heteroatoms. The summed E-state index contributed by atoms with van der Waals surface area (Å²) in [5.74, 6) is 0. The number of nitrogens with one attached hydrogen (secondary N) is 1. The lowest BCUT2D eigenvalue weighted by Crippen LogP contribution is -1.86. The van der Waals surface area contributed by atoms with Gasteiger partial charge in [0.15, 0.2) is 0 Å². The van der Waals surface area contributed by atoms with Crippen molar-refractivity contribution in [2.45, 2.75) is 0 Å². The molecule has 0 aliphatic carbocycles. The van der Waals surface area contributed by atoms with Crippen molar-refractivity contribution >= 4 is 31.7 Å². The first-order valence-corrected chi connectivity index (χ1v) is 4.19. The second-order valence-corrected chi connectivity index (χ2v) is 3.13. The summed E-state index contributed by atoms with van der Waals surface area (Å²) in [7, 11) is 0. The summed E-state index contributed by atoms with van der Waals surface area (Å²) in [6.45, 7) is 0. The van der Waals surface area contributed by atoms with Crippen molar-refractivity contribution in [2.75, 3.05) is 0 Å². The SMILES string of the molecule is O=C(Br)c1ccc2nc[nH]c2c1. The number of imidazole rings is 1. The third-order valence-corrected chi connectivity index (χ3v) is 2.11. The maximum Gasteiger partial charge on any atom is 0.228 e. The number of hydrogen-bond acceptors (Lipinski definition) is 2. The molecule has 0 saturated heterocycles. The average Bonchev–Trinajstić information content (AvgIpc) is 2.49. The standard InChI is InChI=1S/C8H5BrN2O/c9-8(12)5-1-2-6-7(3-5)11-4-10-6/h1-4H,(H,10,11). The molecular weight excluding hydrogens is 220 g/mol. The number of aromatic nitrogens is 2. The number of H-pyrrole nitrogens is 1. The van der Waals surface area contributed by atoms with Gasteiger partial charge in [0.2, 0.25) is 4.69 Å². The molecular formula is C8H5BrN2O. The van der Waals surface area contributed by atoms with Crippen LogP contribution in [0.5, 0.6) is 0 Å². The molecule has 0 atom stereocenters. The van der Waals surface area contributed by atoms with Crippen LogP contribution >= 0.6 is 15.9 Å². The molecule has 0 fully saturated rings. The van der Waals surface area contributed by atoms with Gasteiger partial charge in [-0.1, -0.05) is 0 Å². The summed E-state index contributed by atoms with van der Waals surface area (Å²) in [5.41, 5.74) is 2.37. The fourth-order valence-corrected chi connectivity index (χ4v) is 1.30. The van der Waals surface area contributed by atoms with E-state index in [1.807, 2.05) is 0 Å². The molecule has 60 valence electrons. The maximum atomic E-state index is 10.9. The van der Waals surface area contributed by atoms with Crippen LogP contribution in [0.2, 0.25) is 0 Å². The van der Waals surface area contributed by atoms with E-state index < -0.39 is 0 Å². The van der Waals surface area contributed by atoms with E-state index in [0.717, 1.165) is 11.0 Å². The van der Waals surface area contributed by atoms with Gasteiger partial charge in [0.1, 0.15) is 0 Å². The van der Waals surface area contributed by atoms with E-state index in [4.69, 9.17) is 0 Å². The van der Waals surface area contributed by atoms with Gasteiger partial charge in [-0.15, -0.1) is 0 Å². The van der Waals surface area contributed by atoms with Crippen LogP contribution < -0.4 is 0 Å². The van der Waals surface area contributed by atoms with Crippen LogP contribution in [0.3, 0.4) is 0 Å². The monoisotopic (exact) mass is 224 g/mol.